The molecule has 0 saturated carbocycles. The highest BCUT2D eigenvalue weighted by Gasteiger charge is 2.40. The van der Waals surface area contributed by atoms with Crippen molar-refractivity contribution in [1.82, 2.24) is 14.5 Å². The van der Waals surface area contributed by atoms with Crippen LogP contribution in [0.4, 0.5) is 0 Å². The van der Waals surface area contributed by atoms with Crippen molar-refractivity contribution in [3.63, 3.8) is 0 Å². The van der Waals surface area contributed by atoms with Crippen LogP contribution in [0.3, 0.4) is 0 Å². The van der Waals surface area contributed by atoms with E-state index in [1.165, 1.54) is 11.0 Å². The number of likely N-dealkylation sites (tertiary alicyclic amines) is 1. The molecule has 0 spiro atoms. The summed E-state index contributed by atoms with van der Waals surface area (Å²) in [4.78, 5) is 29.0. The Morgan fingerprint density at radius 1 is 1.19 bits per heavy atom. The van der Waals surface area contributed by atoms with Crippen molar-refractivity contribution in [2.45, 2.75) is 43.4 Å². The van der Waals surface area contributed by atoms with Crippen molar-refractivity contribution in [3.8, 4) is 0 Å². The molecule has 2 aliphatic rings. The van der Waals surface area contributed by atoms with Gasteiger partial charge in [-0.2, -0.15) is 4.72 Å². The molecule has 0 aliphatic carbocycles. The highest BCUT2D eigenvalue weighted by Crippen LogP contribution is 2.24. The van der Waals surface area contributed by atoms with E-state index in [1.54, 1.807) is 42.2 Å². The number of hydrogen-bond acceptors (Lipinski definition) is 5. The molecule has 2 aromatic carbocycles. The maximum atomic E-state index is 12.9. The largest absolute Gasteiger partial charge is 0.375 e. The van der Waals surface area contributed by atoms with Gasteiger partial charge < -0.3 is 14.5 Å². The van der Waals surface area contributed by atoms with E-state index in [0.717, 1.165) is 10.8 Å². The first-order valence-electron chi connectivity index (χ1n) is 10.6. The predicted octanol–water partition coefficient (Wildman–Crippen LogP) is 2.01. The molecule has 2 unspecified atom stereocenters. The van der Waals surface area contributed by atoms with Crippen molar-refractivity contribution >= 4 is 44.2 Å². The smallest absolute Gasteiger partial charge is 0.245 e. The Bertz CT molecular complexity index is 1160. The summed E-state index contributed by atoms with van der Waals surface area (Å²) in [7, 11) is -3.92. The number of halogens is 1. The molecular formula is C22H26ClN3O5S. The van der Waals surface area contributed by atoms with Crippen molar-refractivity contribution in [3.05, 3.63) is 41.4 Å². The number of rotatable bonds is 5. The summed E-state index contributed by atoms with van der Waals surface area (Å²) in [5.74, 6) is -0.534. The Labute approximate surface area is 192 Å². The molecule has 0 bridgehead atoms. The number of nitrogens with zero attached hydrogens (tertiary/aromatic N) is 2. The number of hydrogen-bond donors (Lipinski definition) is 1. The minimum atomic E-state index is -3.92. The molecule has 8 nitrogen and oxygen atoms in total. The van der Waals surface area contributed by atoms with E-state index in [4.69, 9.17) is 16.3 Å². The van der Waals surface area contributed by atoms with E-state index in [-0.39, 0.29) is 22.8 Å². The summed E-state index contributed by atoms with van der Waals surface area (Å²) in [5, 5.41) is 2.12. The number of amides is 2. The van der Waals surface area contributed by atoms with Crippen LogP contribution in [0.15, 0.2) is 41.3 Å². The molecule has 172 valence electrons. The zero-order valence-corrected chi connectivity index (χ0v) is 19.5. The quantitative estimate of drug-likeness (QED) is 0.707. The number of benzene rings is 2. The third kappa shape index (κ3) is 4.61. The first-order chi connectivity index (χ1) is 15.2. The van der Waals surface area contributed by atoms with E-state index in [2.05, 4.69) is 4.72 Å². The second kappa shape index (κ2) is 8.97. The van der Waals surface area contributed by atoms with Gasteiger partial charge in [-0.25, -0.2) is 8.42 Å². The van der Waals surface area contributed by atoms with Gasteiger partial charge in [0.2, 0.25) is 21.8 Å². The molecule has 3 atom stereocenters. The summed E-state index contributed by atoms with van der Waals surface area (Å²) >= 11 is 5.99. The molecule has 2 aliphatic heterocycles. The number of sulfonamides is 1. The highest BCUT2D eigenvalue weighted by molar-refractivity contribution is 7.89. The average Bonchev–Trinajstić information content (AvgIpc) is 3.11. The number of fused-ring (bicyclic) bond motifs is 1. The van der Waals surface area contributed by atoms with Crippen LogP contribution < -0.4 is 4.72 Å². The fourth-order valence-corrected chi connectivity index (χ4v) is 5.67. The fourth-order valence-electron chi connectivity index (χ4n) is 4.23. The minimum absolute atomic E-state index is 0.0493. The van der Waals surface area contributed by atoms with Gasteiger partial charge in [0, 0.05) is 24.7 Å². The van der Waals surface area contributed by atoms with Gasteiger partial charge in [0.05, 0.1) is 17.6 Å². The SMILES string of the molecule is CC1CN(C(=O)[C@H](C)N2CCC(NS(=O)(=O)c3ccc4cc(Cl)ccc4c3)C2=O)CCO1. The summed E-state index contributed by atoms with van der Waals surface area (Å²) in [6.45, 7) is 5.33. The average molecular weight is 480 g/mol. The lowest BCUT2D eigenvalue weighted by molar-refractivity contribution is -0.148. The summed E-state index contributed by atoms with van der Waals surface area (Å²) in [5.41, 5.74) is 0. The Balaban J connectivity index is 1.45. The normalized spacial score (nSPS) is 23.0. The summed E-state index contributed by atoms with van der Waals surface area (Å²) < 4.78 is 33.9. The maximum Gasteiger partial charge on any atom is 0.245 e. The number of morpholine rings is 1. The topological polar surface area (TPSA) is 96.0 Å². The Kier molecular flexibility index (Phi) is 6.44. The Morgan fingerprint density at radius 3 is 2.66 bits per heavy atom. The second-order valence-corrected chi connectivity index (χ2v) is 10.4. The molecule has 0 radical (unpaired) electrons. The molecule has 4 rings (SSSR count). The van der Waals surface area contributed by atoms with Gasteiger partial charge in [0.15, 0.2) is 0 Å². The van der Waals surface area contributed by atoms with E-state index >= 15 is 0 Å². The zero-order valence-electron chi connectivity index (χ0n) is 18.0. The van der Waals surface area contributed by atoms with Crippen LogP contribution in [0.1, 0.15) is 20.3 Å². The lowest BCUT2D eigenvalue weighted by Crippen LogP contribution is -2.53. The number of ether oxygens (including phenoxy) is 1. The lowest BCUT2D eigenvalue weighted by atomic mass is 10.1. The molecule has 1 N–H and O–H groups in total. The number of carbonyl (C=O) groups excluding carboxylic acids is 2. The van der Waals surface area contributed by atoms with Crippen molar-refractivity contribution in [2.75, 3.05) is 26.2 Å². The van der Waals surface area contributed by atoms with Gasteiger partial charge in [-0.3, -0.25) is 9.59 Å². The molecule has 10 heteroatoms. The Hall–Kier alpha value is -2.20. The molecule has 2 heterocycles. The van der Waals surface area contributed by atoms with E-state index in [1.807, 2.05) is 6.92 Å². The van der Waals surface area contributed by atoms with Gasteiger partial charge >= 0.3 is 0 Å². The Morgan fingerprint density at radius 2 is 1.91 bits per heavy atom. The number of nitrogens with one attached hydrogen (secondary N) is 1. The van der Waals surface area contributed by atoms with E-state index < -0.39 is 22.1 Å². The first kappa shape index (κ1) is 23.0. The van der Waals surface area contributed by atoms with Crippen LogP contribution in [0.5, 0.6) is 0 Å². The number of carbonyl (C=O) groups is 2. The third-order valence-electron chi connectivity index (χ3n) is 6.00. The molecule has 2 fully saturated rings. The second-order valence-electron chi connectivity index (χ2n) is 8.29. The van der Waals surface area contributed by atoms with Gasteiger partial charge in [-0.05, 0) is 55.3 Å². The van der Waals surface area contributed by atoms with Crippen LogP contribution in [-0.4, -0.2) is 74.5 Å². The van der Waals surface area contributed by atoms with Crippen LogP contribution in [0, 0.1) is 0 Å². The van der Waals surface area contributed by atoms with Crippen molar-refractivity contribution in [2.24, 2.45) is 0 Å². The monoisotopic (exact) mass is 479 g/mol. The predicted molar refractivity (Wildman–Crippen MR) is 121 cm³/mol. The van der Waals surface area contributed by atoms with Gasteiger partial charge in [-0.15, -0.1) is 0 Å². The summed E-state index contributed by atoms with van der Waals surface area (Å²) in [6.07, 6.45) is 0.255. The highest BCUT2D eigenvalue weighted by atomic mass is 35.5. The molecule has 0 aromatic heterocycles. The standard InChI is InChI=1S/C22H26ClN3O5S/c1-14-13-25(9-10-31-14)21(27)15(2)26-8-7-20(22(26)28)24-32(29,30)19-6-4-16-11-18(23)5-3-17(16)12-19/h3-6,11-12,14-15,20,24H,7-10,13H2,1-2H3/t14?,15-,20?/m0/s1. The lowest BCUT2D eigenvalue weighted by Gasteiger charge is -2.35. The third-order valence-corrected chi connectivity index (χ3v) is 7.70. The summed E-state index contributed by atoms with van der Waals surface area (Å²) in [6, 6.07) is 8.36. The molecule has 2 saturated heterocycles. The zero-order chi connectivity index (χ0) is 23.0. The molecule has 2 aromatic rings. The van der Waals surface area contributed by atoms with Crippen LogP contribution >= 0.6 is 11.6 Å². The van der Waals surface area contributed by atoms with Crippen LogP contribution in [0.2, 0.25) is 5.02 Å². The first-order valence-corrected chi connectivity index (χ1v) is 12.4. The molecule has 2 amide bonds. The van der Waals surface area contributed by atoms with Crippen LogP contribution in [-0.2, 0) is 24.3 Å². The van der Waals surface area contributed by atoms with Crippen molar-refractivity contribution < 1.29 is 22.7 Å². The molecule has 32 heavy (non-hydrogen) atoms. The maximum absolute atomic E-state index is 12.9. The van der Waals surface area contributed by atoms with Gasteiger partial charge in [0.1, 0.15) is 12.1 Å². The van der Waals surface area contributed by atoms with E-state index in [9.17, 15) is 18.0 Å². The molecular weight excluding hydrogens is 454 g/mol. The fraction of sp³-hybridized carbons (Fsp3) is 0.455. The van der Waals surface area contributed by atoms with Crippen LogP contribution in [0.25, 0.3) is 10.8 Å². The van der Waals surface area contributed by atoms with Gasteiger partial charge in [0.25, 0.3) is 0 Å². The van der Waals surface area contributed by atoms with E-state index in [0.29, 0.717) is 37.7 Å². The van der Waals surface area contributed by atoms with Crippen molar-refractivity contribution in [1.29, 1.82) is 0 Å². The minimum Gasteiger partial charge on any atom is -0.375 e. The van der Waals surface area contributed by atoms with Gasteiger partial charge in [-0.1, -0.05) is 23.7 Å².